The molecular formula is C26H31N5O2. The molecule has 0 bridgehead atoms. The molecule has 5 rings (SSSR count). The summed E-state index contributed by atoms with van der Waals surface area (Å²) in [7, 11) is 3.41. The molecule has 7 heteroatoms. The zero-order chi connectivity index (χ0) is 22.6. The summed E-state index contributed by atoms with van der Waals surface area (Å²) in [4.78, 5) is 5.11. The van der Waals surface area contributed by atoms with Crippen molar-refractivity contribution in [3.63, 3.8) is 0 Å². The van der Waals surface area contributed by atoms with Gasteiger partial charge in [0.05, 0.1) is 25.8 Å². The van der Waals surface area contributed by atoms with Crippen LogP contribution in [0.3, 0.4) is 0 Å². The van der Waals surface area contributed by atoms with Crippen LogP contribution in [0.1, 0.15) is 50.3 Å². The zero-order valence-electron chi connectivity index (χ0n) is 19.4. The normalized spacial score (nSPS) is 15.1. The van der Waals surface area contributed by atoms with Gasteiger partial charge in [-0.1, -0.05) is 49.9 Å². The van der Waals surface area contributed by atoms with Crippen molar-refractivity contribution in [2.24, 2.45) is 0 Å². The second kappa shape index (κ2) is 9.75. The van der Waals surface area contributed by atoms with Gasteiger partial charge in [-0.2, -0.15) is 9.78 Å². The number of hydrogen-bond donors (Lipinski definition) is 0. The number of rotatable bonds is 7. The van der Waals surface area contributed by atoms with E-state index in [9.17, 15) is 0 Å². The summed E-state index contributed by atoms with van der Waals surface area (Å²) >= 11 is 0. The third kappa shape index (κ3) is 4.50. The van der Waals surface area contributed by atoms with E-state index in [4.69, 9.17) is 24.7 Å². The van der Waals surface area contributed by atoms with Crippen molar-refractivity contribution in [2.45, 2.75) is 51.0 Å². The van der Waals surface area contributed by atoms with E-state index in [1.54, 1.807) is 14.2 Å². The Kier molecular flexibility index (Phi) is 6.39. The van der Waals surface area contributed by atoms with E-state index >= 15 is 0 Å². The summed E-state index contributed by atoms with van der Waals surface area (Å²) in [5.41, 5.74) is 0.926. The molecule has 4 aromatic rings. The van der Waals surface area contributed by atoms with Crippen LogP contribution < -0.4 is 4.74 Å². The minimum Gasteiger partial charge on any atom is -0.496 e. The van der Waals surface area contributed by atoms with E-state index in [-0.39, 0.29) is 0 Å². The first-order valence-electron chi connectivity index (χ1n) is 11.8. The Balaban J connectivity index is 1.63. The van der Waals surface area contributed by atoms with Gasteiger partial charge in [-0.3, -0.25) is 4.68 Å². The lowest BCUT2D eigenvalue weighted by Gasteiger charge is -2.10. The van der Waals surface area contributed by atoms with Gasteiger partial charge < -0.3 is 9.47 Å². The summed E-state index contributed by atoms with van der Waals surface area (Å²) in [5, 5.41) is 12.0. The van der Waals surface area contributed by atoms with Gasteiger partial charge in [0.15, 0.2) is 17.5 Å². The highest BCUT2D eigenvalue weighted by atomic mass is 16.5. The molecule has 0 N–H and O–H groups in total. The number of ether oxygens (including phenoxy) is 2. The highest BCUT2D eigenvalue weighted by Crippen LogP contribution is 2.36. The predicted molar refractivity (Wildman–Crippen MR) is 129 cm³/mol. The third-order valence-electron chi connectivity index (χ3n) is 6.52. The molecule has 0 aliphatic heterocycles. The highest BCUT2D eigenvalue weighted by Gasteiger charge is 2.24. The molecule has 1 aliphatic rings. The molecular weight excluding hydrogens is 414 g/mol. The summed E-state index contributed by atoms with van der Waals surface area (Å²) in [5.74, 6) is 3.61. The summed E-state index contributed by atoms with van der Waals surface area (Å²) in [6, 6.07) is 14.5. The molecule has 0 atom stereocenters. The van der Waals surface area contributed by atoms with Gasteiger partial charge in [0.2, 0.25) is 0 Å². The molecule has 2 aromatic carbocycles. The van der Waals surface area contributed by atoms with Crippen molar-refractivity contribution in [3.05, 3.63) is 54.5 Å². The largest absolute Gasteiger partial charge is 0.496 e. The summed E-state index contributed by atoms with van der Waals surface area (Å²) in [6.45, 7) is 1.30. The fourth-order valence-electron chi connectivity index (χ4n) is 4.71. The maximum atomic E-state index is 5.81. The van der Waals surface area contributed by atoms with Gasteiger partial charge in [0, 0.05) is 25.3 Å². The van der Waals surface area contributed by atoms with E-state index in [0.717, 1.165) is 52.4 Å². The lowest BCUT2D eigenvalue weighted by molar-refractivity contribution is 0.183. The number of hydrogen-bond acceptors (Lipinski definition) is 5. The third-order valence-corrected chi connectivity index (χ3v) is 6.52. The van der Waals surface area contributed by atoms with Crippen LogP contribution in [0, 0.1) is 0 Å². The molecule has 0 amide bonds. The minimum atomic E-state index is 0.384. The maximum absolute atomic E-state index is 5.81. The van der Waals surface area contributed by atoms with E-state index in [0.29, 0.717) is 19.1 Å². The molecule has 2 heterocycles. The summed E-state index contributed by atoms with van der Waals surface area (Å²) in [6.07, 6.45) is 9.31. The first kappa shape index (κ1) is 21.6. The number of aromatic nitrogens is 5. The van der Waals surface area contributed by atoms with Crippen LogP contribution in [0.5, 0.6) is 5.75 Å². The first-order valence-corrected chi connectivity index (χ1v) is 11.8. The zero-order valence-corrected chi connectivity index (χ0v) is 19.4. The van der Waals surface area contributed by atoms with Crippen molar-refractivity contribution in [1.29, 1.82) is 0 Å². The van der Waals surface area contributed by atoms with Crippen molar-refractivity contribution in [1.82, 2.24) is 24.5 Å². The van der Waals surface area contributed by atoms with Crippen LogP contribution in [0.2, 0.25) is 0 Å². The molecule has 0 unspecified atom stereocenters. The van der Waals surface area contributed by atoms with Crippen molar-refractivity contribution in [3.8, 4) is 23.0 Å². The molecule has 0 spiro atoms. The fourth-order valence-corrected chi connectivity index (χ4v) is 4.71. The highest BCUT2D eigenvalue weighted by molar-refractivity contribution is 5.89. The Bertz CT molecular complexity index is 1220. The topological polar surface area (TPSA) is 67.0 Å². The molecule has 33 heavy (non-hydrogen) atoms. The molecule has 1 fully saturated rings. The quantitative estimate of drug-likeness (QED) is 0.358. The minimum absolute atomic E-state index is 0.384. The second-order valence-electron chi connectivity index (χ2n) is 8.72. The van der Waals surface area contributed by atoms with Gasteiger partial charge in [-0.05, 0) is 35.7 Å². The Morgan fingerprint density at radius 3 is 2.42 bits per heavy atom. The average molecular weight is 446 g/mol. The van der Waals surface area contributed by atoms with Gasteiger partial charge in [0.1, 0.15) is 5.75 Å². The molecule has 1 aliphatic carbocycles. The number of methoxy groups -OCH3 is 2. The molecule has 1 saturated carbocycles. The molecule has 7 nitrogen and oxygen atoms in total. The smallest absolute Gasteiger partial charge is 0.177 e. The number of nitrogens with zero attached hydrogens (tertiary/aromatic N) is 5. The van der Waals surface area contributed by atoms with Crippen molar-refractivity contribution < 1.29 is 9.47 Å². The first-order chi connectivity index (χ1) is 16.3. The van der Waals surface area contributed by atoms with Crippen molar-refractivity contribution >= 4 is 10.8 Å². The molecule has 2 aromatic heterocycles. The lowest BCUT2D eigenvalue weighted by Crippen LogP contribution is -2.07. The standard InChI is InChI=1S/C26H31N5O2/c1-32-16-15-30-14-13-24(28-30)31-26(27-25(29-31)19-9-5-3-4-6-10-19)22-17-20-11-7-8-12-21(20)18-23(22)33-2/h7-8,11-14,17-19H,3-6,9-10,15-16H2,1-2H3. The SMILES string of the molecule is COCCn1ccc(-n2nc(C3CCCCCC3)nc2-c2cc3ccccc3cc2OC)n1. The van der Waals surface area contributed by atoms with Gasteiger partial charge in [0.25, 0.3) is 0 Å². The van der Waals surface area contributed by atoms with Crippen LogP contribution >= 0.6 is 0 Å². The van der Waals surface area contributed by atoms with E-state index in [1.165, 1.54) is 25.7 Å². The van der Waals surface area contributed by atoms with E-state index in [1.807, 2.05) is 27.7 Å². The number of fused-ring (bicyclic) bond motifs is 1. The Labute approximate surface area is 194 Å². The van der Waals surface area contributed by atoms with Crippen molar-refractivity contribution in [2.75, 3.05) is 20.8 Å². The average Bonchev–Trinajstić information content (AvgIpc) is 3.41. The predicted octanol–water partition coefficient (Wildman–Crippen LogP) is 5.38. The molecule has 172 valence electrons. The Morgan fingerprint density at radius 1 is 0.939 bits per heavy atom. The van der Waals surface area contributed by atoms with Gasteiger partial charge in [-0.15, -0.1) is 5.10 Å². The summed E-state index contributed by atoms with van der Waals surface area (Å²) < 4.78 is 14.8. The fraction of sp³-hybridized carbons (Fsp3) is 0.423. The van der Waals surface area contributed by atoms with Crippen LogP contribution in [-0.4, -0.2) is 45.4 Å². The maximum Gasteiger partial charge on any atom is 0.177 e. The van der Waals surface area contributed by atoms with Crippen LogP contribution in [0.4, 0.5) is 0 Å². The van der Waals surface area contributed by atoms with Crippen LogP contribution in [-0.2, 0) is 11.3 Å². The molecule has 0 saturated heterocycles. The second-order valence-corrected chi connectivity index (χ2v) is 8.72. The van der Waals surface area contributed by atoms with Gasteiger partial charge >= 0.3 is 0 Å². The van der Waals surface area contributed by atoms with E-state index < -0.39 is 0 Å². The number of benzene rings is 2. The Hall–Kier alpha value is -3.19. The van der Waals surface area contributed by atoms with Crippen LogP contribution in [0.25, 0.3) is 28.0 Å². The van der Waals surface area contributed by atoms with E-state index in [2.05, 4.69) is 30.3 Å². The molecule has 0 radical (unpaired) electrons. The van der Waals surface area contributed by atoms with Crippen LogP contribution in [0.15, 0.2) is 48.7 Å². The monoisotopic (exact) mass is 445 g/mol. The van der Waals surface area contributed by atoms with Gasteiger partial charge in [-0.25, -0.2) is 4.98 Å². The Morgan fingerprint density at radius 2 is 1.70 bits per heavy atom. The lowest BCUT2D eigenvalue weighted by atomic mass is 10.00.